The first kappa shape index (κ1) is 23.2. The van der Waals surface area contributed by atoms with Crippen LogP contribution in [0.1, 0.15) is 29.3 Å². The van der Waals surface area contributed by atoms with E-state index in [4.69, 9.17) is 0 Å². The van der Waals surface area contributed by atoms with Crippen LogP contribution in [-0.4, -0.2) is 57.5 Å². The minimum absolute atomic E-state index is 0.0135. The number of aliphatic imine (C=N–C) groups is 1. The molecule has 7 heteroatoms. The average molecular weight is 414 g/mol. The van der Waals surface area contributed by atoms with Gasteiger partial charge in [0.05, 0.1) is 12.2 Å². The maximum Gasteiger partial charge on any atom is 0.253 e. The van der Waals surface area contributed by atoms with Gasteiger partial charge in [0.15, 0.2) is 5.96 Å². The lowest BCUT2D eigenvalue weighted by atomic mass is 10.1. The normalized spacial score (nSPS) is 11.2. The number of nitrogens with zero attached hydrogens (tertiary/aromatic N) is 3. The van der Waals surface area contributed by atoms with Gasteiger partial charge in [-0.1, -0.05) is 24.3 Å². The fourth-order valence-electron chi connectivity index (χ4n) is 2.93. The second-order valence-corrected chi connectivity index (χ2v) is 7.24. The predicted octanol–water partition coefficient (Wildman–Crippen LogP) is 3.11. The summed E-state index contributed by atoms with van der Waals surface area (Å²) in [7, 11) is 5.37. The Bertz CT molecular complexity index is 836. The summed E-state index contributed by atoms with van der Waals surface area (Å²) in [5, 5.41) is 6.55. The third-order valence-corrected chi connectivity index (χ3v) is 4.60. The Labute approximate surface area is 178 Å². The van der Waals surface area contributed by atoms with Gasteiger partial charge < -0.3 is 20.4 Å². The first-order valence-corrected chi connectivity index (χ1v) is 10.2. The average Bonchev–Trinajstić information content (AvgIpc) is 2.74. The van der Waals surface area contributed by atoms with Gasteiger partial charge in [-0.15, -0.1) is 0 Å². The molecule has 0 aliphatic carbocycles. The quantitative estimate of drug-likeness (QED) is 0.377. The highest BCUT2D eigenvalue weighted by Crippen LogP contribution is 2.16. The smallest absolute Gasteiger partial charge is 0.253 e. The second kappa shape index (κ2) is 11.8. The Hall–Kier alpha value is -3.09. The molecule has 0 atom stereocenters. The zero-order valence-electron chi connectivity index (χ0n) is 18.3. The van der Waals surface area contributed by atoms with E-state index in [1.54, 1.807) is 31.1 Å². The SMILES string of the molecule is CCNC(=NCc1ccc(C(=O)N(C)C)cc1)NCCCN(C)c1ccccc1F. The molecule has 0 saturated heterocycles. The number of hydrogen-bond acceptors (Lipinski definition) is 3. The standard InChI is InChI=1S/C23H32FN5O/c1-5-25-23(26-15-8-16-29(4)21-10-7-6-9-20(21)24)27-17-18-11-13-19(14-12-18)22(30)28(2)3/h6-7,9-14H,5,8,15-17H2,1-4H3,(H2,25,26,27). The van der Waals surface area contributed by atoms with Crippen LogP contribution in [0.3, 0.4) is 0 Å². The number of rotatable bonds is 9. The monoisotopic (exact) mass is 413 g/mol. The molecule has 0 unspecified atom stereocenters. The highest BCUT2D eigenvalue weighted by Gasteiger charge is 2.08. The molecule has 0 radical (unpaired) electrons. The van der Waals surface area contributed by atoms with Crippen LogP contribution in [0.25, 0.3) is 0 Å². The van der Waals surface area contributed by atoms with Gasteiger partial charge in [0.25, 0.3) is 5.91 Å². The van der Waals surface area contributed by atoms with Crippen LogP contribution in [0.2, 0.25) is 0 Å². The summed E-state index contributed by atoms with van der Waals surface area (Å²) in [6, 6.07) is 14.3. The van der Waals surface area contributed by atoms with E-state index in [1.165, 1.54) is 6.07 Å². The van der Waals surface area contributed by atoms with Gasteiger partial charge in [-0.25, -0.2) is 9.38 Å². The minimum atomic E-state index is -0.207. The first-order chi connectivity index (χ1) is 14.4. The van der Waals surface area contributed by atoms with Crippen LogP contribution in [0.4, 0.5) is 10.1 Å². The van der Waals surface area contributed by atoms with Gasteiger partial charge >= 0.3 is 0 Å². The van der Waals surface area contributed by atoms with Gasteiger partial charge in [-0.2, -0.15) is 0 Å². The van der Waals surface area contributed by atoms with Crippen molar-refractivity contribution in [3.8, 4) is 0 Å². The molecule has 0 aliphatic heterocycles. The van der Waals surface area contributed by atoms with Gasteiger partial charge in [0.2, 0.25) is 0 Å². The largest absolute Gasteiger partial charge is 0.372 e. The maximum absolute atomic E-state index is 13.8. The molecule has 2 N–H and O–H groups in total. The number of carbonyl (C=O) groups excluding carboxylic acids is 1. The van der Waals surface area contributed by atoms with E-state index in [0.717, 1.165) is 37.6 Å². The maximum atomic E-state index is 13.8. The number of amides is 1. The van der Waals surface area contributed by atoms with E-state index in [2.05, 4.69) is 15.6 Å². The van der Waals surface area contributed by atoms with Crippen LogP contribution < -0.4 is 15.5 Å². The lowest BCUT2D eigenvalue weighted by molar-refractivity contribution is 0.0827. The predicted molar refractivity (Wildman–Crippen MR) is 122 cm³/mol. The van der Waals surface area contributed by atoms with Gasteiger partial charge in [-0.05, 0) is 43.2 Å². The Kier molecular flexibility index (Phi) is 9.12. The number of benzene rings is 2. The van der Waals surface area contributed by atoms with Crippen molar-refractivity contribution in [2.45, 2.75) is 19.9 Å². The molecule has 162 valence electrons. The molecule has 0 fully saturated rings. The zero-order valence-corrected chi connectivity index (χ0v) is 18.3. The summed E-state index contributed by atoms with van der Waals surface area (Å²) >= 11 is 0. The highest BCUT2D eigenvalue weighted by molar-refractivity contribution is 5.93. The molecule has 2 aromatic rings. The molecule has 0 bridgehead atoms. The molecule has 0 heterocycles. The van der Waals surface area contributed by atoms with Crippen molar-refractivity contribution in [1.29, 1.82) is 0 Å². The van der Waals surface area contributed by atoms with Crippen LogP contribution in [-0.2, 0) is 6.54 Å². The van der Waals surface area contributed by atoms with Gasteiger partial charge in [0, 0.05) is 46.3 Å². The van der Waals surface area contributed by atoms with Crippen molar-refractivity contribution < 1.29 is 9.18 Å². The molecule has 0 aromatic heterocycles. The van der Waals surface area contributed by atoms with Crippen molar-refractivity contribution in [3.05, 3.63) is 65.5 Å². The molecule has 6 nitrogen and oxygen atoms in total. The molecule has 1 amide bonds. The summed E-state index contributed by atoms with van der Waals surface area (Å²) in [5.41, 5.74) is 2.30. The molecule has 0 spiro atoms. The third-order valence-electron chi connectivity index (χ3n) is 4.60. The van der Waals surface area contributed by atoms with E-state index in [9.17, 15) is 9.18 Å². The van der Waals surface area contributed by atoms with Gasteiger partial charge in [-0.3, -0.25) is 4.79 Å². The number of anilines is 1. The van der Waals surface area contributed by atoms with Crippen molar-refractivity contribution in [1.82, 2.24) is 15.5 Å². The molecule has 0 aliphatic rings. The topological polar surface area (TPSA) is 60.0 Å². The summed E-state index contributed by atoms with van der Waals surface area (Å²) < 4.78 is 13.8. The molecule has 2 rings (SSSR count). The van der Waals surface area contributed by atoms with E-state index < -0.39 is 0 Å². The minimum Gasteiger partial charge on any atom is -0.372 e. The third kappa shape index (κ3) is 7.06. The molecule has 2 aromatic carbocycles. The van der Waals surface area contributed by atoms with Crippen molar-refractivity contribution in [2.24, 2.45) is 4.99 Å². The van der Waals surface area contributed by atoms with Gasteiger partial charge in [0.1, 0.15) is 5.82 Å². The first-order valence-electron chi connectivity index (χ1n) is 10.2. The van der Waals surface area contributed by atoms with Crippen LogP contribution in [0.15, 0.2) is 53.5 Å². The van der Waals surface area contributed by atoms with E-state index in [0.29, 0.717) is 17.8 Å². The van der Waals surface area contributed by atoms with Crippen molar-refractivity contribution in [3.63, 3.8) is 0 Å². The van der Waals surface area contributed by atoms with Crippen LogP contribution >= 0.6 is 0 Å². The second-order valence-electron chi connectivity index (χ2n) is 7.24. The number of guanidine groups is 1. The number of nitrogens with one attached hydrogen (secondary N) is 2. The highest BCUT2D eigenvalue weighted by atomic mass is 19.1. The summed E-state index contributed by atoms with van der Waals surface area (Å²) in [5.74, 6) is 0.515. The Balaban J connectivity index is 1.84. The molecule has 30 heavy (non-hydrogen) atoms. The van der Waals surface area contributed by atoms with E-state index in [-0.39, 0.29) is 11.7 Å². The molecular formula is C23H32FN5O. The summed E-state index contributed by atoms with van der Waals surface area (Å²) in [6.45, 7) is 4.75. The van der Waals surface area contributed by atoms with Crippen molar-refractivity contribution in [2.75, 3.05) is 45.7 Å². The number of hydrogen-bond donors (Lipinski definition) is 2. The fraction of sp³-hybridized carbons (Fsp3) is 0.391. The Morgan fingerprint density at radius 1 is 1.03 bits per heavy atom. The molecular weight excluding hydrogens is 381 g/mol. The van der Waals surface area contributed by atoms with E-state index >= 15 is 0 Å². The van der Waals surface area contributed by atoms with Crippen molar-refractivity contribution >= 4 is 17.6 Å². The Morgan fingerprint density at radius 2 is 1.73 bits per heavy atom. The lowest BCUT2D eigenvalue weighted by Crippen LogP contribution is -2.38. The number of para-hydroxylation sites is 1. The van der Waals surface area contributed by atoms with Crippen LogP contribution in [0, 0.1) is 5.82 Å². The Morgan fingerprint density at radius 3 is 2.37 bits per heavy atom. The molecule has 0 saturated carbocycles. The number of halogens is 1. The summed E-state index contributed by atoms with van der Waals surface area (Å²) in [4.78, 5) is 20.0. The lowest BCUT2D eigenvalue weighted by Gasteiger charge is -2.20. The number of carbonyl (C=O) groups is 1. The van der Waals surface area contributed by atoms with E-state index in [1.807, 2.05) is 49.2 Å². The fourth-order valence-corrected chi connectivity index (χ4v) is 2.93. The van der Waals surface area contributed by atoms with Crippen LogP contribution in [0.5, 0.6) is 0 Å². The zero-order chi connectivity index (χ0) is 21.9. The summed E-state index contributed by atoms with van der Waals surface area (Å²) in [6.07, 6.45) is 0.844.